The summed E-state index contributed by atoms with van der Waals surface area (Å²) in [6, 6.07) is 17.2. The molecule has 1 nitrogen and oxygen atoms in total. The first-order valence-electron chi connectivity index (χ1n) is 8.06. The summed E-state index contributed by atoms with van der Waals surface area (Å²) in [5.41, 5.74) is 5.59. The number of hydrogen-bond donors (Lipinski definition) is 1. The lowest BCUT2D eigenvalue weighted by atomic mass is 9.92. The van der Waals surface area contributed by atoms with Crippen LogP contribution in [-0.2, 0) is 19.3 Å². The highest BCUT2D eigenvalue weighted by Crippen LogP contribution is 2.25. The third-order valence-electron chi connectivity index (χ3n) is 4.63. The monoisotopic (exact) mass is 280 g/mol. The number of aryl methyl sites for hydroxylation is 2. The Balaban J connectivity index is 1.60. The lowest BCUT2D eigenvalue weighted by Crippen LogP contribution is -2.14. The number of hydrogen-bond acceptors (Lipinski definition) is 1. The predicted octanol–water partition coefficient (Wildman–Crippen LogP) is 4.27. The van der Waals surface area contributed by atoms with Crippen molar-refractivity contribution in [3.05, 3.63) is 70.8 Å². The summed E-state index contributed by atoms with van der Waals surface area (Å²) < 4.78 is 0. The Kier molecular flexibility index (Phi) is 4.40. The Labute approximate surface area is 127 Å². The van der Waals surface area contributed by atoms with E-state index in [1.54, 1.807) is 0 Å². The molecule has 2 aromatic rings. The molecule has 0 saturated carbocycles. The van der Waals surface area contributed by atoms with Gasteiger partial charge >= 0.3 is 0 Å². The van der Waals surface area contributed by atoms with E-state index >= 15 is 0 Å². The minimum atomic E-state index is -0.264. The van der Waals surface area contributed by atoms with Crippen LogP contribution in [0.3, 0.4) is 0 Å². The van der Waals surface area contributed by atoms with E-state index in [0.29, 0.717) is 5.92 Å². The topological polar surface area (TPSA) is 20.2 Å². The maximum absolute atomic E-state index is 10.4. The zero-order valence-electron chi connectivity index (χ0n) is 12.8. The molecule has 1 N–H and O–H groups in total. The second kappa shape index (κ2) is 6.44. The quantitative estimate of drug-likeness (QED) is 0.867. The number of aliphatic hydroxyl groups is 1. The Morgan fingerprint density at radius 3 is 2.57 bits per heavy atom. The molecule has 1 aliphatic carbocycles. The lowest BCUT2D eigenvalue weighted by Gasteiger charge is -2.17. The van der Waals surface area contributed by atoms with E-state index in [0.717, 1.165) is 12.8 Å². The summed E-state index contributed by atoms with van der Waals surface area (Å²) >= 11 is 0. The molecular formula is C20H24O. The summed E-state index contributed by atoms with van der Waals surface area (Å²) in [5, 5.41) is 10.4. The number of aliphatic hydroxyl groups excluding tert-OH is 1. The number of fused-ring (bicyclic) bond motifs is 1. The molecule has 1 heteroatoms. The summed E-state index contributed by atoms with van der Waals surface area (Å²) in [6.45, 7) is 2.20. The van der Waals surface area contributed by atoms with Crippen molar-refractivity contribution in [1.29, 1.82) is 0 Å². The van der Waals surface area contributed by atoms with Crippen LogP contribution in [0.4, 0.5) is 0 Å². The van der Waals surface area contributed by atoms with Gasteiger partial charge < -0.3 is 5.11 Å². The Morgan fingerprint density at radius 2 is 1.76 bits per heavy atom. The highest BCUT2D eigenvalue weighted by molar-refractivity contribution is 5.35. The van der Waals surface area contributed by atoms with Gasteiger partial charge in [-0.3, -0.25) is 0 Å². The van der Waals surface area contributed by atoms with E-state index in [9.17, 15) is 5.11 Å². The van der Waals surface area contributed by atoms with Crippen LogP contribution < -0.4 is 0 Å². The van der Waals surface area contributed by atoms with Gasteiger partial charge in [0.2, 0.25) is 0 Å². The van der Waals surface area contributed by atoms with Crippen LogP contribution in [0.25, 0.3) is 0 Å². The van der Waals surface area contributed by atoms with Gasteiger partial charge in [0.05, 0.1) is 6.10 Å². The highest BCUT2D eigenvalue weighted by atomic mass is 16.3. The van der Waals surface area contributed by atoms with Gasteiger partial charge in [-0.1, -0.05) is 55.5 Å². The van der Waals surface area contributed by atoms with Crippen LogP contribution in [0.1, 0.15) is 47.9 Å². The Hall–Kier alpha value is -1.60. The summed E-state index contributed by atoms with van der Waals surface area (Å²) in [7, 11) is 0. The highest BCUT2D eigenvalue weighted by Gasteiger charge is 2.15. The molecule has 0 saturated heterocycles. The van der Waals surface area contributed by atoms with Crippen LogP contribution in [0.5, 0.6) is 0 Å². The summed E-state index contributed by atoms with van der Waals surface area (Å²) in [5.74, 6) is 0.399. The smallest absolute Gasteiger partial charge is 0.0586 e. The fraction of sp³-hybridized carbons (Fsp3) is 0.400. The van der Waals surface area contributed by atoms with Crippen molar-refractivity contribution in [1.82, 2.24) is 0 Å². The standard InChI is InChI=1S/C20H24O/c1-15(17-6-3-2-4-7-17)12-20(21)14-16-10-11-18-8-5-9-19(18)13-16/h2-4,6-7,10-11,13,15,20-21H,5,8-9,12,14H2,1H3. The number of rotatable bonds is 5. The van der Waals surface area contributed by atoms with E-state index in [1.165, 1.54) is 41.5 Å². The average molecular weight is 280 g/mol. The van der Waals surface area contributed by atoms with Gasteiger partial charge in [0.25, 0.3) is 0 Å². The first kappa shape index (κ1) is 14.3. The molecular weight excluding hydrogens is 256 g/mol. The van der Waals surface area contributed by atoms with E-state index in [4.69, 9.17) is 0 Å². The third kappa shape index (κ3) is 3.54. The second-order valence-corrected chi connectivity index (χ2v) is 6.36. The normalized spacial score (nSPS) is 16.5. The van der Waals surface area contributed by atoms with Gasteiger partial charge in [0.15, 0.2) is 0 Å². The van der Waals surface area contributed by atoms with E-state index < -0.39 is 0 Å². The van der Waals surface area contributed by atoms with Gasteiger partial charge in [-0.05, 0) is 60.3 Å². The van der Waals surface area contributed by atoms with Gasteiger partial charge in [-0.15, -0.1) is 0 Å². The molecule has 2 unspecified atom stereocenters. The molecule has 0 spiro atoms. The maximum atomic E-state index is 10.4. The Bertz CT molecular complexity index is 588. The number of benzene rings is 2. The summed E-state index contributed by atoms with van der Waals surface area (Å²) in [6.07, 6.45) is 5.04. The van der Waals surface area contributed by atoms with Crippen LogP contribution >= 0.6 is 0 Å². The van der Waals surface area contributed by atoms with E-state index in [-0.39, 0.29) is 6.10 Å². The van der Waals surface area contributed by atoms with Crippen molar-refractivity contribution in [3.8, 4) is 0 Å². The van der Waals surface area contributed by atoms with Crippen molar-refractivity contribution in [2.45, 2.75) is 51.0 Å². The van der Waals surface area contributed by atoms with Gasteiger partial charge in [0.1, 0.15) is 0 Å². The largest absolute Gasteiger partial charge is 0.393 e. The van der Waals surface area contributed by atoms with Crippen molar-refractivity contribution in [2.75, 3.05) is 0 Å². The second-order valence-electron chi connectivity index (χ2n) is 6.36. The fourth-order valence-corrected chi connectivity index (χ4v) is 3.43. The molecule has 110 valence electrons. The fourth-order valence-electron chi connectivity index (χ4n) is 3.43. The zero-order chi connectivity index (χ0) is 14.7. The average Bonchev–Trinajstić information content (AvgIpc) is 2.95. The van der Waals surface area contributed by atoms with E-state index in [2.05, 4.69) is 49.4 Å². The molecule has 1 aliphatic rings. The van der Waals surface area contributed by atoms with E-state index in [1.807, 2.05) is 6.07 Å². The lowest BCUT2D eigenvalue weighted by molar-refractivity contribution is 0.157. The minimum Gasteiger partial charge on any atom is -0.393 e. The van der Waals surface area contributed by atoms with Crippen LogP contribution in [0.15, 0.2) is 48.5 Å². The molecule has 0 heterocycles. The van der Waals surface area contributed by atoms with Gasteiger partial charge in [-0.25, -0.2) is 0 Å². The molecule has 0 fully saturated rings. The molecule has 0 amide bonds. The zero-order valence-corrected chi connectivity index (χ0v) is 12.8. The molecule has 0 radical (unpaired) electrons. The predicted molar refractivity (Wildman–Crippen MR) is 87.7 cm³/mol. The molecule has 3 rings (SSSR count). The first-order chi connectivity index (χ1) is 10.2. The van der Waals surface area contributed by atoms with Crippen LogP contribution in [0.2, 0.25) is 0 Å². The van der Waals surface area contributed by atoms with Crippen molar-refractivity contribution < 1.29 is 5.11 Å². The molecule has 0 bridgehead atoms. The minimum absolute atomic E-state index is 0.264. The van der Waals surface area contributed by atoms with Crippen molar-refractivity contribution in [2.24, 2.45) is 0 Å². The molecule has 2 atom stereocenters. The van der Waals surface area contributed by atoms with Crippen molar-refractivity contribution >= 4 is 0 Å². The SMILES string of the molecule is CC(CC(O)Cc1ccc2c(c1)CCC2)c1ccccc1. The van der Waals surface area contributed by atoms with Crippen molar-refractivity contribution in [3.63, 3.8) is 0 Å². The van der Waals surface area contributed by atoms with Crippen LogP contribution in [0, 0.1) is 0 Å². The third-order valence-corrected chi connectivity index (χ3v) is 4.63. The van der Waals surface area contributed by atoms with Gasteiger partial charge in [-0.2, -0.15) is 0 Å². The van der Waals surface area contributed by atoms with Crippen LogP contribution in [-0.4, -0.2) is 11.2 Å². The Morgan fingerprint density at radius 1 is 1.00 bits per heavy atom. The van der Waals surface area contributed by atoms with Gasteiger partial charge in [0, 0.05) is 0 Å². The molecule has 0 aliphatic heterocycles. The maximum Gasteiger partial charge on any atom is 0.0586 e. The molecule has 21 heavy (non-hydrogen) atoms. The molecule has 0 aromatic heterocycles. The molecule has 2 aromatic carbocycles. The summed E-state index contributed by atoms with van der Waals surface area (Å²) in [4.78, 5) is 0. The first-order valence-corrected chi connectivity index (χ1v) is 8.06.